The predicted octanol–water partition coefficient (Wildman–Crippen LogP) is 5.25. The van der Waals surface area contributed by atoms with E-state index in [0.29, 0.717) is 23.2 Å². The highest BCUT2D eigenvalue weighted by atomic mass is 32.1. The van der Waals surface area contributed by atoms with Crippen molar-refractivity contribution in [3.63, 3.8) is 0 Å². The maximum Gasteiger partial charge on any atom is 0.260 e. The van der Waals surface area contributed by atoms with Gasteiger partial charge in [0.25, 0.3) is 5.56 Å². The number of rotatable bonds is 4. The van der Waals surface area contributed by atoms with Crippen LogP contribution in [0.25, 0.3) is 21.9 Å². The normalized spacial score (nSPS) is 16.8. The molecule has 0 fully saturated rings. The second-order valence-electron chi connectivity index (χ2n) is 8.95. The molecule has 0 bridgehead atoms. The first-order valence-electron chi connectivity index (χ1n) is 10.6. The Hall–Kier alpha value is -2.65. The number of allylic oxidation sites excluding steroid dienone is 1. The van der Waals surface area contributed by atoms with Crippen LogP contribution in [0.15, 0.2) is 10.9 Å². The molecule has 0 radical (unpaired) electrons. The summed E-state index contributed by atoms with van der Waals surface area (Å²) in [6, 6.07) is 4.34. The van der Waals surface area contributed by atoms with Gasteiger partial charge in [-0.1, -0.05) is 20.8 Å². The van der Waals surface area contributed by atoms with Gasteiger partial charge in [0.05, 0.1) is 11.0 Å². The Bertz CT molecular complexity index is 1250. The van der Waals surface area contributed by atoms with E-state index in [0.717, 1.165) is 52.8 Å². The molecule has 1 unspecified atom stereocenters. The fourth-order valence-electron chi connectivity index (χ4n) is 4.41. The van der Waals surface area contributed by atoms with Crippen molar-refractivity contribution < 1.29 is 0 Å². The van der Waals surface area contributed by atoms with Gasteiger partial charge in [-0.3, -0.25) is 4.79 Å². The predicted molar refractivity (Wildman–Crippen MR) is 124 cm³/mol. The third-order valence-electron chi connectivity index (χ3n) is 6.00. The van der Waals surface area contributed by atoms with Crippen molar-refractivity contribution in [2.75, 3.05) is 0 Å². The summed E-state index contributed by atoms with van der Waals surface area (Å²) < 4.78 is 2.28. The van der Waals surface area contributed by atoms with E-state index in [-0.39, 0.29) is 5.56 Å². The molecule has 0 aromatic carbocycles. The van der Waals surface area contributed by atoms with Gasteiger partial charge >= 0.3 is 0 Å². The number of nitrogens with zero attached hydrogens (tertiary/aromatic N) is 3. The molecule has 30 heavy (non-hydrogen) atoms. The van der Waals surface area contributed by atoms with Crippen molar-refractivity contribution in [1.29, 1.82) is 5.26 Å². The fraction of sp³-hybridized carbons (Fsp3) is 0.458. The Labute approximate surface area is 181 Å². The van der Waals surface area contributed by atoms with Crippen molar-refractivity contribution in [1.82, 2.24) is 14.5 Å². The lowest BCUT2D eigenvalue weighted by atomic mass is 9.89. The van der Waals surface area contributed by atoms with Gasteiger partial charge in [-0.2, -0.15) is 5.26 Å². The average Bonchev–Trinajstić information content (AvgIpc) is 3.17. The van der Waals surface area contributed by atoms with Crippen LogP contribution in [-0.2, 0) is 19.4 Å². The Morgan fingerprint density at radius 1 is 1.47 bits per heavy atom. The highest BCUT2D eigenvalue weighted by Gasteiger charge is 2.23. The van der Waals surface area contributed by atoms with Crippen LogP contribution >= 0.6 is 11.3 Å². The second kappa shape index (κ2) is 7.88. The monoisotopic (exact) mass is 420 g/mol. The summed E-state index contributed by atoms with van der Waals surface area (Å²) in [4.78, 5) is 22.5. The molecule has 6 heteroatoms. The number of H-pyrrole nitrogens is 1. The highest BCUT2D eigenvalue weighted by Crippen LogP contribution is 2.36. The van der Waals surface area contributed by atoms with Crippen LogP contribution in [0.4, 0.5) is 0 Å². The molecule has 0 aliphatic heterocycles. The van der Waals surface area contributed by atoms with Gasteiger partial charge in [0, 0.05) is 22.8 Å². The summed E-state index contributed by atoms with van der Waals surface area (Å²) in [6.45, 7) is 11.7. The van der Waals surface area contributed by atoms with Gasteiger partial charge in [0.15, 0.2) is 5.82 Å². The van der Waals surface area contributed by atoms with Crippen LogP contribution in [-0.4, -0.2) is 14.5 Å². The first kappa shape index (κ1) is 20.6. The minimum Gasteiger partial charge on any atom is -0.348 e. The van der Waals surface area contributed by atoms with E-state index in [1.54, 1.807) is 11.3 Å². The van der Waals surface area contributed by atoms with E-state index in [4.69, 9.17) is 4.98 Å². The van der Waals surface area contributed by atoms with Crippen LogP contribution < -0.4 is 5.56 Å². The zero-order valence-corrected chi connectivity index (χ0v) is 19.1. The van der Waals surface area contributed by atoms with E-state index < -0.39 is 0 Å². The standard InChI is InChI=1S/C24H28N4OS/c1-13(2)12-28-15(4)9-17(16(28)5)10-18(11-25)22-26-23(29)21-19-7-6-14(3)8-20(19)30-24(21)27-22/h9-10,13-14H,6-8,12H2,1-5H3,(H,26,27,29)/b18-10-. The zero-order valence-electron chi connectivity index (χ0n) is 18.3. The van der Waals surface area contributed by atoms with Crippen molar-refractivity contribution in [2.45, 2.75) is 60.4 Å². The second-order valence-corrected chi connectivity index (χ2v) is 10.0. The summed E-state index contributed by atoms with van der Waals surface area (Å²) in [7, 11) is 0. The number of hydrogen-bond donors (Lipinski definition) is 1. The molecule has 1 aliphatic carbocycles. The molecule has 3 aromatic heterocycles. The van der Waals surface area contributed by atoms with Crippen LogP contribution in [0.5, 0.6) is 0 Å². The molecule has 1 N–H and O–H groups in total. The molecule has 156 valence electrons. The number of fused-ring (bicyclic) bond motifs is 3. The molecular weight excluding hydrogens is 392 g/mol. The molecule has 0 saturated carbocycles. The summed E-state index contributed by atoms with van der Waals surface area (Å²) in [5.74, 6) is 1.53. The Balaban J connectivity index is 1.79. The lowest BCUT2D eigenvalue weighted by Crippen LogP contribution is -2.14. The summed E-state index contributed by atoms with van der Waals surface area (Å²) in [5, 5.41) is 10.5. The number of thiophene rings is 1. The molecule has 5 nitrogen and oxygen atoms in total. The lowest BCUT2D eigenvalue weighted by molar-refractivity contribution is 0.509. The minimum atomic E-state index is -0.131. The smallest absolute Gasteiger partial charge is 0.260 e. The molecule has 1 atom stereocenters. The highest BCUT2D eigenvalue weighted by molar-refractivity contribution is 7.18. The van der Waals surface area contributed by atoms with Crippen molar-refractivity contribution >= 4 is 33.2 Å². The molecule has 0 saturated heterocycles. The van der Waals surface area contributed by atoms with Gasteiger partial charge < -0.3 is 9.55 Å². The Kier molecular flexibility index (Phi) is 5.42. The fourth-order valence-corrected chi connectivity index (χ4v) is 5.79. The largest absolute Gasteiger partial charge is 0.348 e. The van der Waals surface area contributed by atoms with Crippen molar-refractivity contribution in [3.8, 4) is 6.07 Å². The third kappa shape index (κ3) is 3.63. The van der Waals surface area contributed by atoms with Gasteiger partial charge in [0.2, 0.25) is 0 Å². The SMILES string of the molecule is Cc1cc(/C=C(/C#N)c2nc3sc4c(c3c(=O)[nH]2)CCC(C)C4)c(C)n1CC(C)C. The molecule has 1 aliphatic rings. The maximum atomic E-state index is 12.9. The van der Waals surface area contributed by atoms with E-state index in [1.165, 1.54) is 10.6 Å². The number of nitrogens with one attached hydrogen (secondary N) is 1. The minimum absolute atomic E-state index is 0.131. The van der Waals surface area contributed by atoms with Gasteiger partial charge in [-0.05, 0) is 68.2 Å². The molecule has 0 amide bonds. The number of aromatic amines is 1. The average molecular weight is 421 g/mol. The summed E-state index contributed by atoms with van der Waals surface area (Å²) >= 11 is 1.61. The number of nitriles is 1. The van der Waals surface area contributed by atoms with Crippen molar-refractivity contribution in [2.24, 2.45) is 11.8 Å². The Morgan fingerprint density at radius 3 is 2.93 bits per heavy atom. The van der Waals surface area contributed by atoms with Crippen LogP contribution in [0.1, 0.15) is 60.4 Å². The van der Waals surface area contributed by atoms with Crippen molar-refractivity contribution in [3.05, 3.63) is 49.6 Å². The third-order valence-corrected chi connectivity index (χ3v) is 7.15. The van der Waals surface area contributed by atoms with Gasteiger partial charge in [0.1, 0.15) is 10.9 Å². The number of hydrogen-bond acceptors (Lipinski definition) is 4. The van der Waals surface area contributed by atoms with Crippen LogP contribution in [0.2, 0.25) is 0 Å². The van der Waals surface area contributed by atoms with E-state index in [2.05, 4.69) is 56.3 Å². The topological polar surface area (TPSA) is 74.5 Å². The summed E-state index contributed by atoms with van der Waals surface area (Å²) in [5.41, 5.74) is 4.70. The summed E-state index contributed by atoms with van der Waals surface area (Å²) in [6.07, 6.45) is 4.89. The number of aromatic nitrogens is 3. The van der Waals surface area contributed by atoms with E-state index >= 15 is 0 Å². The van der Waals surface area contributed by atoms with Crippen LogP contribution in [0.3, 0.4) is 0 Å². The van der Waals surface area contributed by atoms with E-state index in [1.807, 2.05) is 6.08 Å². The Morgan fingerprint density at radius 2 is 2.23 bits per heavy atom. The zero-order chi connectivity index (χ0) is 21.6. The van der Waals surface area contributed by atoms with Crippen LogP contribution in [0, 0.1) is 37.0 Å². The molecular formula is C24H28N4OS. The molecule has 3 heterocycles. The molecule has 3 aromatic rings. The first-order valence-corrected chi connectivity index (χ1v) is 11.4. The van der Waals surface area contributed by atoms with E-state index in [9.17, 15) is 10.1 Å². The quantitative estimate of drug-likeness (QED) is 0.586. The number of aryl methyl sites for hydroxylation is 2. The molecule has 4 rings (SSSR count). The molecule has 0 spiro atoms. The first-order chi connectivity index (χ1) is 14.3. The van der Waals surface area contributed by atoms with Gasteiger partial charge in [-0.15, -0.1) is 11.3 Å². The maximum absolute atomic E-state index is 12.9. The lowest BCUT2D eigenvalue weighted by Gasteiger charge is -2.17. The van der Waals surface area contributed by atoms with Gasteiger partial charge in [-0.25, -0.2) is 4.98 Å².